The molecule has 0 aromatic heterocycles. The fourth-order valence-corrected chi connectivity index (χ4v) is 2.64. The number of carbonyl (C=O) groups is 1. The number of phenols is 1. The molecular formula is C15H21NO4. The molecule has 1 unspecified atom stereocenters. The molecule has 1 aliphatic heterocycles. The first kappa shape index (κ1) is 14.7. The van der Waals surface area contributed by atoms with E-state index in [1.165, 1.54) is 0 Å². The van der Waals surface area contributed by atoms with Crippen LogP contribution in [0.1, 0.15) is 38.3 Å². The zero-order chi connectivity index (χ0) is 14.7. The van der Waals surface area contributed by atoms with Crippen molar-refractivity contribution in [3.05, 3.63) is 23.8 Å². The number of fused-ring (bicyclic) bond motifs is 1. The highest BCUT2D eigenvalue weighted by molar-refractivity contribution is 5.66. The topological polar surface area (TPSA) is 70.0 Å². The van der Waals surface area contributed by atoms with E-state index in [9.17, 15) is 9.90 Å². The van der Waals surface area contributed by atoms with Gasteiger partial charge in [0, 0.05) is 24.1 Å². The number of ether oxygens (including phenoxy) is 1. The lowest BCUT2D eigenvalue weighted by Gasteiger charge is -2.31. The van der Waals surface area contributed by atoms with Crippen LogP contribution in [-0.4, -0.2) is 40.3 Å². The highest BCUT2D eigenvalue weighted by Crippen LogP contribution is 2.38. The number of hydrogen-bond acceptors (Lipinski definition) is 4. The summed E-state index contributed by atoms with van der Waals surface area (Å²) in [5.41, 5.74) is 1.06. The van der Waals surface area contributed by atoms with Crippen molar-refractivity contribution < 1.29 is 19.7 Å². The molecule has 2 rings (SSSR count). The first-order valence-corrected chi connectivity index (χ1v) is 6.92. The Hall–Kier alpha value is -1.75. The van der Waals surface area contributed by atoms with E-state index in [4.69, 9.17) is 9.84 Å². The SMILES string of the molecule is CC(C)N(CCCC(=O)O)C1COc2cc(O)ccc21. The van der Waals surface area contributed by atoms with Crippen LogP contribution in [0.15, 0.2) is 18.2 Å². The molecule has 20 heavy (non-hydrogen) atoms. The second-order valence-corrected chi connectivity index (χ2v) is 5.38. The molecule has 1 aliphatic rings. The molecule has 110 valence electrons. The van der Waals surface area contributed by atoms with Crippen LogP contribution >= 0.6 is 0 Å². The van der Waals surface area contributed by atoms with E-state index in [2.05, 4.69) is 18.7 Å². The first-order chi connectivity index (χ1) is 9.49. The van der Waals surface area contributed by atoms with Crippen LogP contribution in [0.3, 0.4) is 0 Å². The molecule has 2 N–H and O–H groups in total. The zero-order valence-electron chi connectivity index (χ0n) is 11.9. The van der Waals surface area contributed by atoms with Crippen LogP contribution < -0.4 is 4.74 Å². The summed E-state index contributed by atoms with van der Waals surface area (Å²) in [7, 11) is 0. The molecule has 1 atom stereocenters. The van der Waals surface area contributed by atoms with Gasteiger partial charge in [0.25, 0.3) is 0 Å². The van der Waals surface area contributed by atoms with Gasteiger partial charge < -0.3 is 14.9 Å². The third-order valence-corrected chi connectivity index (χ3v) is 3.62. The van der Waals surface area contributed by atoms with E-state index in [1.807, 2.05) is 6.07 Å². The van der Waals surface area contributed by atoms with Crippen molar-refractivity contribution in [1.29, 1.82) is 0 Å². The Morgan fingerprint density at radius 2 is 2.25 bits per heavy atom. The third-order valence-electron chi connectivity index (χ3n) is 3.62. The molecule has 0 spiro atoms. The summed E-state index contributed by atoms with van der Waals surface area (Å²) in [6, 6.07) is 5.60. The molecule has 0 saturated carbocycles. The highest BCUT2D eigenvalue weighted by atomic mass is 16.5. The van der Waals surface area contributed by atoms with Crippen LogP contribution in [0.2, 0.25) is 0 Å². The van der Waals surface area contributed by atoms with E-state index < -0.39 is 5.97 Å². The molecule has 0 amide bonds. The lowest BCUT2D eigenvalue weighted by molar-refractivity contribution is -0.137. The van der Waals surface area contributed by atoms with Crippen molar-refractivity contribution in [2.75, 3.05) is 13.2 Å². The van der Waals surface area contributed by atoms with Crippen molar-refractivity contribution in [2.45, 2.75) is 38.8 Å². The lowest BCUT2D eigenvalue weighted by Crippen LogP contribution is -2.36. The van der Waals surface area contributed by atoms with Crippen LogP contribution in [-0.2, 0) is 4.79 Å². The quantitative estimate of drug-likeness (QED) is 0.836. The molecule has 1 heterocycles. The standard InChI is InChI=1S/C15H21NO4/c1-10(2)16(7-3-4-15(18)19)13-9-20-14-8-11(17)5-6-12(13)14/h5-6,8,10,13,17H,3-4,7,9H2,1-2H3,(H,18,19). The number of nitrogens with zero attached hydrogens (tertiary/aromatic N) is 1. The van der Waals surface area contributed by atoms with Crippen LogP contribution in [0.4, 0.5) is 0 Å². The zero-order valence-corrected chi connectivity index (χ0v) is 11.9. The second kappa shape index (κ2) is 6.13. The molecule has 0 fully saturated rings. The summed E-state index contributed by atoms with van der Waals surface area (Å²) in [4.78, 5) is 12.9. The van der Waals surface area contributed by atoms with E-state index in [1.54, 1.807) is 12.1 Å². The maximum atomic E-state index is 10.6. The summed E-state index contributed by atoms with van der Waals surface area (Å²) in [5.74, 6) is 0.159. The molecule has 5 heteroatoms. The Morgan fingerprint density at radius 1 is 1.50 bits per heavy atom. The number of benzene rings is 1. The number of carboxylic acid groups (broad SMARTS) is 1. The van der Waals surface area contributed by atoms with Crippen molar-refractivity contribution >= 4 is 5.97 Å². The highest BCUT2D eigenvalue weighted by Gasteiger charge is 2.31. The fraction of sp³-hybridized carbons (Fsp3) is 0.533. The summed E-state index contributed by atoms with van der Waals surface area (Å²) >= 11 is 0. The minimum atomic E-state index is -0.762. The van der Waals surface area contributed by atoms with Crippen LogP contribution in [0.25, 0.3) is 0 Å². The number of rotatable bonds is 6. The Bertz CT molecular complexity index is 487. The van der Waals surface area contributed by atoms with Gasteiger partial charge >= 0.3 is 5.97 Å². The number of aromatic hydroxyl groups is 1. The number of carboxylic acids is 1. The van der Waals surface area contributed by atoms with Gasteiger partial charge in [-0.25, -0.2) is 0 Å². The minimum absolute atomic E-state index is 0.124. The molecule has 0 aliphatic carbocycles. The largest absolute Gasteiger partial charge is 0.508 e. The molecular weight excluding hydrogens is 258 g/mol. The number of phenolic OH excluding ortho intramolecular Hbond substituents is 1. The van der Waals surface area contributed by atoms with Gasteiger partial charge in [-0.3, -0.25) is 9.69 Å². The van der Waals surface area contributed by atoms with Gasteiger partial charge in [0.1, 0.15) is 18.1 Å². The smallest absolute Gasteiger partial charge is 0.303 e. The van der Waals surface area contributed by atoms with Crippen molar-refractivity contribution in [1.82, 2.24) is 4.90 Å². The molecule has 1 aromatic carbocycles. The normalized spacial score (nSPS) is 17.3. The number of aliphatic carboxylic acids is 1. The molecule has 0 radical (unpaired) electrons. The minimum Gasteiger partial charge on any atom is -0.508 e. The Balaban J connectivity index is 2.10. The predicted molar refractivity (Wildman–Crippen MR) is 75.1 cm³/mol. The molecule has 5 nitrogen and oxygen atoms in total. The summed E-state index contributed by atoms with van der Waals surface area (Å²) in [6.45, 7) is 5.46. The van der Waals surface area contributed by atoms with Crippen molar-refractivity contribution in [3.63, 3.8) is 0 Å². The lowest BCUT2D eigenvalue weighted by atomic mass is 10.0. The van der Waals surface area contributed by atoms with Gasteiger partial charge in [-0.05, 0) is 38.9 Å². The van der Waals surface area contributed by atoms with Crippen molar-refractivity contribution in [2.24, 2.45) is 0 Å². The van der Waals surface area contributed by atoms with Crippen molar-refractivity contribution in [3.8, 4) is 11.5 Å². The van der Waals surface area contributed by atoms with Gasteiger partial charge in [-0.2, -0.15) is 0 Å². The third kappa shape index (κ3) is 3.22. The summed E-state index contributed by atoms with van der Waals surface area (Å²) in [6.07, 6.45) is 0.802. The molecule has 1 aromatic rings. The van der Waals surface area contributed by atoms with E-state index >= 15 is 0 Å². The Kier molecular flexibility index (Phi) is 4.49. The van der Waals surface area contributed by atoms with Gasteiger partial charge in [-0.1, -0.05) is 0 Å². The Labute approximate surface area is 118 Å². The van der Waals surface area contributed by atoms with Crippen LogP contribution in [0, 0.1) is 0 Å². The Morgan fingerprint density at radius 3 is 2.90 bits per heavy atom. The summed E-state index contributed by atoms with van der Waals surface area (Å²) in [5, 5.41) is 18.2. The molecule has 0 saturated heterocycles. The van der Waals surface area contributed by atoms with E-state index in [-0.39, 0.29) is 18.2 Å². The first-order valence-electron chi connectivity index (χ1n) is 6.92. The number of hydrogen-bond donors (Lipinski definition) is 2. The van der Waals surface area contributed by atoms with Gasteiger partial charge in [0.15, 0.2) is 0 Å². The fourth-order valence-electron chi connectivity index (χ4n) is 2.64. The monoisotopic (exact) mass is 279 g/mol. The average molecular weight is 279 g/mol. The predicted octanol–water partition coefficient (Wildman–Crippen LogP) is 2.40. The van der Waals surface area contributed by atoms with Gasteiger partial charge in [0.05, 0.1) is 6.04 Å². The summed E-state index contributed by atoms with van der Waals surface area (Å²) < 4.78 is 5.63. The second-order valence-electron chi connectivity index (χ2n) is 5.38. The van der Waals surface area contributed by atoms with Gasteiger partial charge in [-0.15, -0.1) is 0 Å². The van der Waals surface area contributed by atoms with E-state index in [0.717, 1.165) is 17.9 Å². The maximum Gasteiger partial charge on any atom is 0.303 e. The van der Waals surface area contributed by atoms with Crippen LogP contribution in [0.5, 0.6) is 11.5 Å². The molecule has 0 bridgehead atoms. The average Bonchev–Trinajstić information content (AvgIpc) is 2.76. The van der Waals surface area contributed by atoms with Gasteiger partial charge in [0.2, 0.25) is 0 Å². The maximum absolute atomic E-state index is 10.6. The van der Waals surface area contributed by atoms with E-state index in [0.29, 0.717) is 19.1 Å².